The van der Waals surface area contributed by atoms with Crippen LogP contribution in [0.1, 0.15) is 29.3 Å². The highest BCUT2D eigenvalue weighted by molar-refractivity contribution is 6.05. The van der Waals surface area contributed by atoms with Gasteiger partial charge in [-0.2, -0.15) is 0 Å². The summed E-state index contributed by atoms with van der Waals surface area (Å²) < 4.78 is 5.27. The van der Waals surface area contributed by atoms with Crippen LogP contribution in [0.4, 0.5) is 0 Å². The predicted octanol–water partition coefficient (Wildman–Crippen LogP) is 2.25. The molecule has 3 rings (SSSR count). The van der Waals surface area contributed by atoms with Crippen molar-refractivity contribution in [2.75, 3.05) is 46.6 Å². The molecule has 6 N–H and O–H groups in total. The standard InChI is InChI=1S/C15H16O3.C7H6O3.C6H15NO3/c1-15(18-2)9-8-12(13(16)10-15)14(17)11-6-4-3-5-7-11;8-6-4-2-1-3-5(6)7(9)10;8-4-1-7(2-5-9)3-6-10/h3-9,17H,10H2,1-2H3;1-4,8H,(H,9,10);8-10H,1-6H2. The number of para-hydroxylation sites is 1. The maximum atomic E-state index is 12.0. The first-order valence-electron chi connectivity index (χ1n) is 11.9. The zero-order chi connectivity index (χ0) is 28.6. The van der Waals surface area contributed by atoms with Crippen LogP contribution in [-0.2, 0) is 9.53 Å². The van der Waals surface area contributed by atoms with Gasteiger partial charge in [0.2, 0.25) is 0 Å². The van der Waals surface area contributed by atoms with E-state index >= 15 is 0 Å². The normalized spacial score (nSPS) is 17.7. The lowest BCUT2D eigenvalue weighted by atomic mass is 9.87. The molecule has 0 saturated carbocycles. The fourth-order valence-electron chi connectivity index (χ4n) is 3.34. The largest absolute Gasteiger partial charge is 0.507 e. The second-order valence-electron chi connectivity index (χ2n) is 8.41. The first-order valence-corrected chi connectivity index (χ1v) is 11.9. The molecule has 208 valence electrons. The topological polar surface area (TPSA) is 168 Å². The molecule has 0 amide bonds. The number of carboxylic acids is 1. The molecule has 0 saturated heterocycles. The van der Waals surface area contributed by atoms with Crippen molar-refractivity contribution in [3.63, 3.8) is 0 Å². The first-order chi connectivity index (χ1) is 18.1. The van der Waals surface area contributed by atoms with E-state index in [0.29, 0.717) is 30.8 Å². The summed E-state index contributed by atoms with van der Waals surface area (Å²) in [5, 5.41) is 52.9. The van der Waals surface area contributed by atoms with E-state index in [-0.39, 0.29) is 49.1 Å². The molecular formula is C28H37NO9. The summed E-state index contributed by atoms with van der Waals surface area (Å²) in [6.07, 6.45) is 3.69. The summed E-state index contributed by atoms with van der Waals surface area (Å²) in [6.45, 7) is 3.60. The van der Waals surface area contributed by atoms with Crippen LogP contribution in [0, 0.1) is 0 Å². The summed E-state index contributed by atoms with van der Waals surface area (Å²) in [6, 6.07) is 14.9. The molecule has 0 fully saturated rings. The Labute approximate surface area is 222 Å². The molecular weight excluding hydrogens is 494 g/mol. The van der Waals surface area contributed by atoms with Crippen molar-refractivity contribution in [3.8, 4) is 5.75 Å². The van der Waals surface area contributed by atoms with Crippen molar-refractivity contribution in [2.24, 2.45) is 0 Å². The average molecular weight is 532 g/mol. The number of carbonyl (C=O) groups excluding carboxylic acids is 1. The molecule has 0 bridgehead atoms. The highest BCUT2D eigenvalue weighted by Crippen LogP contribution is 2.29. The number of aliphatic hydroxyl groups excluding tert-OH is 4. The number of Topliss-reactive ketones (excluding diaryl/α,β-unsaturated/α-hetero) is 1. The lowest BCUT2D eigenvalue weighted by Crippen LogP contribution is -2.32. The van der Waals surface area contributed by atoms with Gasteiger partial charge in [0.05, 0.1) is 31.0 Å². The fourth-order valence-corrected chi connectivity index (χ4v) is 3.34. The predicted molar refractivity (Wildman–Crippen MR) is 143 cm³/mol. The summed E-state index contributed by atoms with van der Waals surface area (Å²) in [4.78, 5) is 24.1. The van der Waals surface area contributed by atoms with Gasteiger partial charge in [-0.15, -0.1) is 0 Å². The molecule has 10 heteroatoms. The lowest BCUT2D eigenvalue weighted by molar-refractivity contribution is -0.119. The van der Waals surface area contributed by atoms with Gasteiger partial charge >= 0.3 is 5.97 Å². The number of methoxy groups -OCH3 is 1. The van der Waals surface area contributed by atoms with Crippen molar-refractivity contribution >= 4 is 17.5 Å². The van der Waals surface area contributed by atoms with Crippen LogP contribution in [0.5, 0.6) is 5.75 Å². The highest BCUT2D eigenvalue weighted by Gasteiger charge is 2.31. The second-order valence-corrected chi connectivity index (χ2v) is 8.41. The van der Waals surface area contributed by atoms with Gasteiger partial charge in [0, 0.05) is 38.7 Å². The third-order valence-electron chi connectivity index (χ3n) is 5.57. The van der Waals surface area contributed by atoms with Gasteiger partial charge in [0.25, 0.3) is 0 Å². The number of benzene rings is 2. The summed E-state index contributed by atoms with van der Waals surface area (Å²) in [5.41, 5.74) is 0.349. The number of carboxylic acid groups (broad SMARTS) is 1. The maximum Gasteiger partial charge on any atom is 0.339 e. The van der Waals surface area contributed by atoms with Crippen LogP contribution in [0.2, 0.25) is 0 Å². The molecule has 10 nitrogen and oxygen atoms in total. The molecule has 1 aliphatic rings. The number of ketones is 1. The Kier molecular flexibility index (Phi) is 14.6. The third-order valence-corrected chi connectivity index (χ3v) is 5.57. The quantitative estimate of drug-likeness (QED) is 0.208. The number of allylic oxidation sites excluding steroid dienone is 2. The van der Waals surface area contributed by atoms with Gasteiger partial charge in [-0.25, -0.2) is 4.79 Å². The van der Waals surface area contributed by atoms with Gasteiger partial charge in [-0.3, -0.25) is 9.69 Å². The van der Waals surface area contributed by atoms with E-state index in [9.17, 15) is 14.7 Å². The van der Waals surface area contributed by atoms with E-state index in [2.05, 4.69) is 0 Å². The minimum absolute atomic E-state index is 0.0232. The smallest absolute Gasteiger partial charge is 0.339 e. The summed E-state index contributed by atoms with van der Waals surface area (Å²) in [7, 11) is 1.57. The Morgan fingerprint density at radius 3 is 1.87 bits per heavy atom. The number of aromatic carboxylic acids is 1. The van der Waals surface area contributed by atoms with Crippen LogP contribution in [0.3, 0.4) is 0 Å². The summed E-state index contributed by atoms with van der Waals surface area (Å²) >= 11 is 0. The number of carbonyl (C=O) groups is 2. The number of aliphatic hydroxyl groups is 4. The van der Waals surface area contributed by atoms with Crippen molar-refractivity contribution in [1.29, 1.82) is 0 Å². The molecule has 0 heterocycles. The van der Waals surface area contributed by atoms with Crippen molar-refractivity contribution in [2.45, 2.75) is 18.9 Å². The fraction of sp³-hybridized carbons (Fsp3) is 0.357. The Morgan fingerprint density at radius 1 is 0.921 bits per heavy atom. The number of aromatic hydroxyl groups is 1. The highest BCUT2D eigenvalue weighted by atomic mass is 16.5. The number of hydrogen-bond donors (Lipinski definition) is 6. The Bertz CT molecular complexity index is 1050. The maximum absolute atomic E-state index is 12.0. The Balaban J connectivity index is 0.000000309. The number of nitrogens with zero attached hydrogens (tertiary/aromatic N) is 1. The zero-order valence-electron chi connectivity index (χ0n) is 21.7. The van der Waals surface area contributed by atoms with Crippen LogP contribution in [0.15, 0.2) is 72.3 Å². The van der Waals surface area contributed by atoms with Gasteiger partial charge < -0.3 is 35.4 Å². The zero-order valence-corrected chi connectivity index (χ0v) is 21.7. The SMILES string of the molecule is COC1(C)C=CC(=C(O)c2ccccc2)C(=O)C1.O=C(O)c1ccccc1O.OCCN(CCO)CCO. The Morgan fingerprint density at radius 2 is 1.45 bits per heavy atom. The molecule has 0 aliphatic heterocycles. The number of rotatable bonds is 9. The molecule has 1 unspecified atom stereocenters. The number of ether oxygens (including phenoxy) is 1. The average Bonchev–Trinajstić information content (AvgIpc) is 2.90. The van der Waals surface area contributed by atoms with E-state index in [1.54, 1.807) is 42.4 Å². The van der Waals surface area contributed by atoms with Crippen LogP contribution < -0.4 is 0 Å². The van der Waals surface area contributed by atoms with Crippen LogP contribution in [-0.4, -0.2) is 99.5 Å². The molecule has 2 aromatic rings. The van der Waals surface area contributed by atoms with Gasteiger partial charge in [0.15, 0.2) is 5.78 Å². The van der Waals surface area contributed by atoms with Gasteiger partial charge in [-0.1, -0.05) is 48.5 Å². The van der Waals surface area contributed by atoms with Gasteiger partial charge in [-0.05, 0) is 25.1 Å². The molecule has 1 atom stereocenters. The monoisotopic (exact) mass is 531 g/mol. The minimum Gasteiger partial charge on any atom is -0.507 e. The molecule has 0 spiro atoms. The molecule has 1 aliphatic carbocycles. The van der Waals surface area contributed by atoms with Crippen molar-refractivity contribution in [3.05, 3.63) is 83.4 Å². The first kappa shape index (κ1) is 32.5. The second kappa shape index (κ2) is 17.1. The van der Waals surface area contributed by atoms with E-state index < -0.39 is 11.6 Å². The number of phenols is 1. The Hall–Kier alpha value is -3.54. The molecule has 0 radical (unpaired) electrons. The van der Waals surface area contributed by atoms with E-state index in [1.807, 2.05) is 31.2 Å². The lowest BCUT2D eigenvalue weighted by Gasteiger charge is -2.27. The van der Waals surface area contributed by atoms with Crippen LogP contribution >= 0.6 is 0 Å². The number of hydrogen-bond acceptors (Lipinski definition) is 9. The molecule has 38 heavy (non-hydrogen) atoms. The van der Waals surface area contributed by atoms with E-state index in [4.69, 9.17) is 30.3 Å². The van der Waals surface area contributed by atoms with E-state index in [1.165, 1.54) is 12.1 Å². The minimum atomic E-state index is -1.11. The molecule has 0 aromatic heterocycles. The van der Waals surface area contributed by atoms with E-state index in [0.717, 1.165) is 0 Å². The summed E-state index contributed by atoms with van der Waals surface area (Å²) in [5.74, 6) is -1.40. The van der Waals surface area contributed by atoms with Crippen molar-refractivity contribution < 1.29 is 45.0 Å². The third kappa shape index (κ3) is 10.8. The van der Waals surface area contributed by atoms with Gasteiger partial charge in [0.1, 0.15) is 17.1 Å². The van der Waals surface area contributed by atoms with Crippen LogP contribution in [0.25, 0.3) is 5.76 Å². The van der Waals surface area contributed by atoms with Crippen molar-refractivity contribution in [1.82, 2.24) is 4.90 Å². The molecule has 2 aromatic carbocycles.